The van der Waals surface area contributed by atoms with E-state index in [-0.39, 0.29) is 11.9 Å². The SMILES string of the molecule is O=C(CCCCSc1nnc2c3ccccc3n(Cc3ccc(Br)cc3)c2n1)NC1CCN(Cc2ccccc2)CC1. The molecule has 0 unspecified atom stereocenters. The number of rotatable bonds is 11. The van der Waals surface area contributed by atoms with Gasteiger partial charge in [0.05, 0.1) is 5.52 Å². The molecule has 1 aliphatic rings. The number of nitrogens with one attached hydrogen (secondary N) is 1. The van der Waals surface area contributed by atoms with Gasteiger partial charge in [-0.15, -0.1) is 10.2 Å². The number of thioether (sulfide) groups is 1. The van der Waals surface area contributed by atoms with Gasteiger partial charge in [-0.25, -0.2) is 4.98 Å². The topological polar surface area (TPSA) is 75.9 Å². The highest BCUT2D eigenvalue weighted by atomic mass is 79.9. The number of benzene rings is 3. The van der Waals surface area contributed by atoms with Crippen molar-refractivity contribution in [3.63, 3.8) is 0 Å². The first-order valence-electron chi connectivity index (χ1n) is 14.7. The Labute approximate surface area is 259 Å². The monoisotopic (exact) mass is 642 g/mol. The fourth-order valence-corrected chi connectivity index (χ4v) is 6.66. The van der Waals surface area contributed by atoms with Crippen molar-refractivity contribution < 1.29 is 4.79 Å². The molecule has 2 aromatic heterocycles. The van der Waals surface area contributed by atoms with Gasteiger partial charge < -0.3 is 9.88 Å². The van der Waals surface area contributed by atoms with Crippen LogP contribution in [0.15, 0.2) is 88.5 Å². The molecule has 0 spiro atoms. The van der Waals surface area contributed by atoms with Gasteiger partial charge in [0.1, 0.15) is 5.52 Å². The van der Waals surface area contributed by atoms with Gasteiger partial charge in [-0.3, -0.25) is 9.69 Å². The van der Waals surface area contributed by atoms with Crippen LogP contribution in [-0.2, 0) is 17.9 Å². The average molecular weight is 644 g/mol. The Morgan fingerprint density at radius 2 is 1.62 bits per heavy atom. The van der Waals surface area contributed by atoms with Gasteiger partial charge in [0.15, 0.2) is 5.65 Å². The Kier molecular flexibility index (Phi) is 9.47. The standard InChI is InChI=1S/C33H35BrN6OS/c34-26-15-13-25(14-16-26)23-40-29-11-5-4-10-28(29)31-32(40)36-33(38-37-31)42-21-7-6-12-30(41)35-27-17-19-39(20-18-27)22-24-8-2-1-3-9-24/h1-5,8-11,13-16,27H,6-7,12,17-23H2,(H,35,41). The lowest BCUT2D eigenvalue weighted by molar-refractivity contribution is -0.122. The van der Waals surface area contributed by atoms with E-state index >= 15 is 0 Å². The molecule has 3 heterocycles. The minimum Gasteiger partial charge on any atom is -0.353 e. The van der Waals surface area contributed by atoms with E-state index in [0.717, 1.165) is 77.6 Å². The van der Waals surface area contributed by atoms with Crippen LogP contribution in [0.3, 0.4) is 0 Å². The van der Waals surface area contributed by atoms with Crippen molar-refractivity contribution in [3.05, 3.63) is 94.5 Å². The maximum absolute atomic E-state index is 12.6. The lowest BCUT2D eigenvalue weighted by atomic mass is 10.0. The molecular formula is C33H35BrN6OS. The third-order valence-electron chi connectivity index (χ3n) is 7.84. The third kappa shape index (κ3) is 7.19. The van der Waals surface area contributed by atoms with Crippen molar-refractivity contribution in [3.8, 4) is 0 Å². The molecule has 0 radical (unpaired) electrons. The molecule has 42 heavy (non-hydrogen) atoms. The number of piperidine rings is 1. The van der Waals surface area contributed by atoms with Crippen LogP contribution in [0, 0.1) is 0 Å². The van der Waals surface area contributed by atoms with Crippen LogP contribution in [0.4, 0.5) is 0 Å². The van der Waals surface area contributed by atoms with E-state index in [0.29, 0.717) is 18.1 Å². The number of hydrogen-bond donors (Lipinski definition) is 1. The maximum atomic E-state index is 12.6. The van der Waals surface area contributed by atoms with E-state index < -0.39 is 0 Å². The van der Waals surface area contributed by atoms with Crippen molar-refractivity contribution >= 4 is 55.7 Å². The zero-order chi connectivity index (χ0) is 28.7. The zero-order valence-electron chi connectivity index (χ0n) is 23.6. The third-order valence-corrected chi connectivity index (χ3v) is 9.29. The van der Waals surface area contributed by atoms with Crippen molar-refractivity contribution in [2.75, 3.05) is 18.8 Å². The highest BCUT2D eigenvalue weighted by molar-refractivity contribution is 9.10. The number of amides is 1. The second-order valence-electron chi connectivity index (χ2n) is 10.9. The molecule has 0 aliphatic carbocycles. The molecule has 7 nitrogen and oxygen atoms in total. The minimum atomic E-state index is 0.165. The zero-order valence-corrected chi connectivity index (χ0v) is 26.0. The Balaban J connectivity index is 0.976. The van der Waals surface area contributed by atoms with Crippen LogP contribution in [0.25, 0.3) is 22.1 Å². The lowest BCUT2D eigenvalue weighted by Gasteiger charge is -2.32. The number of fused-ring (bicyclic) bond motifs is 3. The molecule has 0 atom stereocenters. The van der Waals surface area contributed by atoms with E-state index in [4.69, 9.17) is 4.98 Å². The number of para-hydroxylation sites is 1. The highest BCUT2D eigenvalue weighted by Gasteiger charge is 2.20. The summed E-state index contributed by atoms with van der Waals surface area (Å²) in [5.74, 6) is 1.02. The Morgan fingerprint density at radius 1 is 0.881 bits per heavy atom. The summed E-state index contributed by atoms with van der Waals surface area (Å²) in [6, 6.07) is 27.5. The number of hydrogen-bond acceptors (Lipinski definition) is 6. The predicted molar refractivity (Wildman–Crippen MR) is 174 cm³/mol. The van der Waals surface area contributed by atoms with Gasteiger partial charge in [-0.2, -0.15) is 0 Å². The molecule has 0 bridgehead atoms. The molecule has 216 valence electrons. The van der Waals surface area contributed by atoms with Gasteiger partial charge in [0.2, 0.25) is 11.1 Å². The van der Waals surface area contributed by atoms with Crippen molar-refractivity contribution in [2.24, 2.45) is 0 Å². The van der Waals surface area contributed by atoms with E-state index in [9.17, 15) is 4.79 Å². The minimum absolute atomic E-state index is 0.165. The Bertz CT molecular complexity index is 1630. The fraction of sp³-hybridized carbons (Fsp3) is 0.333. The van der Waals surface area contributed by atoms with Crippen LogP contribution in [0.5, 0.6) is 0 Å². The molecule has 1 N–H and O–H groups in total. The smallest absolute Gasteiger partial charge is 0.220 e. The van der Waals surface area contributed by atoms with Crippen LogP contribution >= 0.6 is 27.7 Å². The maximum Gasteiger partial charge on any atom is 0.220 e. The summed E-state index contributed by atoms with van der Waals surface area (Å²) in [5.41, 5.74) is 5.33. The van der Waals surface area contributed by atoms with Crippen molar-refractivity contribution in [2.45, 2.75) is 56.4 Å². The van der Waals surface area contributed by atoms with Gasteiger partial charge in [-0.05, 0) is 55.0 Å². The van der Waals surface area contributed by atoms with Crippen LogP contribution in [0.1, 0.15) is 43.2 Å². The number of halogens is 1. The molecule has 1 fully saturated rings. The molecule has 1 aliphatic heterocycles. The summed E-state index contributed by atoms with van der Waals surface area (Å²) in [4.78, 5) is 20.0. The second kappa shape index (κ2) is 13.8. The van der Waals surface area contributed by atoms with Gasteiger partial charge in [0, 0.05) is 54.3 Å². The molecule has 9 heteroatoms. The number of likely N-dealkylation sites (tertiary alicyclic amines) is 1. The van der Waals surface area contributed by atoms with E-state index in [1.807, 2.05) is 12.1 Å². The van der Waals surface area contributed by atoms with E-state index in [1.54, 1.807) is 11.8 Å². The number of nitrogens with zero attached hydrogens (tertiary/aromatic N) is 5. The van der Waals surface area contributed by atoms with Crippen molar-refractivity contribution in [1.29, 1.82) is 0 Å². The molecule has 1 amide bonds. The molecule has 6 rings (SSSR count). The summed E-state index contributed by atoms with van der Waals surface area (Å²) >= 11 is 5.13. The van der Waals surface area contributed by atoms with E-state index in [1.165, 1.54) is 11.1 Å². The van der Waals surface area contributed by atoms with Crippen molar-refractivity contribution in [1.82, 2.24) is 30.0 Å². The Morgan fingerprint density at radius 3 is 2.43 bits per heavy atom. The molecule has 5 aromatic rings. The normalized spacial score (nSPS) is 14.5. The summed E-state index contributed by atoms with van der Waals surface area (Å²) in [6.07, 6.45) is 4.37. The van der Waals surface area contributed by atoms with Crippen LogP contribution < -0.4 is 5.32 Å². The second-order valence-corrected chi connectivity index (χ2v) is 12.9. The van der Waals surface area contributed by atoms with Crippen LogP contribution in [-0.4, -0.2) is 55.4 Å². The first-order valence-corrected chi connectivity index (χ1v) is 16.4. The summed E-state index contributed by atoms with van der Waals surface area (Å²) in [6.45, 7) is 3.74. The fourth-order valence-electron chi connectivity index (χ4n) is 5.61. The number of aromatic nitrogens is 4. The molecule has 0 saturated carbocycles. The first kappa shape index (κ1) is 28.8. The summed E-state index contributed by atoms with van der Waals surface area (Å²) in [5, 5.41) is 14.0. The number of unbranched alkanes of at least 4 members (excludes halogenated alkanes) is 1. The van der Waals surface area contributed by atoms with Gasteiger partial charge in [0.25, 0.3) is 0 Å². The molecule has 3 aromatic carbocycles. The predicted octanol–water partition coefficient (Wildman–Crippen LogP) is 6.83. The molecular weight excluding hydrogens is 608 g/mol. The highest BCUT2D eigenvalue weighted by Crippen LogP contribution is 2.28. The number of carbonyl (C=O) groups is 1. The number of carbonyl (C=O) groups excluding carboxylic acids is 1. The quantitative estimate of drug-likeness (QED) is 0.126. The van der Waals surface area contributed by atoms with E-state index in [2.05, 4.69) is 108 Å². The lowest BCUT2D eigenvalue weighted by Crippen LogP contribution is -2.44. The first-order chi connectivity index (χ1) is 20.6. The average Bonchev–Trinajstić information content (AvgIpc) is 3.32. The molecule has 1 saturated heterocycles. The summed E-state index contributed by atoms with van der Waals surface area (Å²) < 4.78 is 3.29. The summed E-state index contributed by atoms with van der Waals surface area (Å²) in [7, 11) is 0. The Hall–Kier alpha value is -3.27. The van der Waals surface area contributed by atoms with Gasteiger partial charge in [-0.1, -0.05) is 88.4 Å². The largest absolute Gasteiger partial charge is 0.353 e. The van der Waals surface area contributed by atoms with Crippen LogP contribution in [0.2, 0.25) is 0 Å². The van der Waals surface area contributed by atoms with Gasteiger partial charge >= 0.3 is 0 Å².